The molecule has 0 bridgehead atoms. The lowest BCUT2D eigenvalue weighted by molar-refractivity contribution is 0.375. The molecule has 0 fully saturated rings. The van der Waals surface area contributed by atoms with Crippen LogP contribution >= 0.6 is 0 Å². The Kier molecular flexibility index (Phi) is 4.01. The largest absolute Gasteiger partial charge is 0.0651 e. The van der Waals surface area contributed by atoms with Gasteiger partial charge in [-0.15, -0.1) is 0 Å². The van der Waals surface area contributed by atoms with E-state index < -0.39 is 0 Å². The Morgan fingerprint density at radius 2 is 1.62 bits per heavy atom. The molecule has 1 aromatic carbocycles. The maximum atomic E-state index is 2.35. The Hall–Kier alpha value is -0.780. The Balaban J connectivity index is 2.50. The van der Waals surface area contributed by atoms with Gasteiger partial charge in [-0.05, 0) is 23.8 Å². The van der Waals surface area contributed by atoms with Crippen molar-refractivity contribution in [3.63, 3.8) is 0 Å². The van der Waals surface area contributed by atoms with Gasteiger partial charge in [-0.3, -0.25) is 0 Å². The van der Waals surface area contributed by atoms with E-state index >= 15 is 0 Å². The van der Waals surface area contributed by atoms with Gasteiger partial charge >= 0.3 is 0 Å². The van der Waals surface area contributed by atoms with E-state index in [9.17, 15) is 0 Å². The van der Waals surface area contributed by atoms with E-state index in [4.69, 9.17) is 0 Å². The first-order valence-electron chi connectivity index (χ1n) is 5.28. The summed E-state index contributed by atoms with van der Waals surface area (Å²) in [6.07, 6.45) is 2.50. The van der Waals surface area contributed by atoms with Crippen LogP contribution in [0, 0.1) is 11.8 Å². The minimum absolute atomic E-state index is 0.799. The van der Waals surface area contributed by atoms with Gasteiger partial charge in [0.25, 0.3) is 0 Å². The van der Waals surface area contributed by atoms with E-state index in [-0.39, 0.29) is 0 Å². The van der Waals surface area contributed by atoms with Gasteiger partial charge in [-0.2, -0.15) is 0 Å². The molecule has 0 saturated heterocycles. The maximum absolute atomic E-state index is 2.35. The van der Waals surface area contributed by atoms with Gasteiger partial charge in [0.1, 0.15) is 0 Å². The molecule has 0 heterocycles. The van der Waals surface area contributed by atoms with E-state index in [0.717, 1.165) is 11.8 Å². The standard InChI is InChI=1S/C13H20/c1-4-11(2)12(3)10-13-8-6-5-7-9-13/h5-9,11-12H,4,10H2,1-3H3. The van der Waals surface area contributed by atoms with Crippen molar-refractivity contribution in [2.24, 2.45) is 11.8 Å². The highest BCUT2D eigenvalue weighted by molar-refractivity contribution is 5.15. The van der Waals surface area contributed by atoms with Crippen LogP contribution in [0.15, 0.2) is 30.3 Å². The van der Waals surface area contributed by atoms with Crippen LogP contribution in [0.3, 0.4) is 0 Å². The lowest BCUT2D eigenvalue weighted by Crippen LogP contribution is -2.09. The van der Waals surface area contributed by atoms with Gasteiger partial charge in [0, 0.05) is 0 Å². The number of benzene rings is 1. The van der Waals surface area contributed by atoms with Crippen molar-refractivity contribution in [2.45, 2.75) is 33.6 Å². The van der Waals surface area contributed by atoms with Crippen molar-refractivity contribution in [3.8, 4) is 0 Å². The molecule has 0 heteroatoms. The second-order valence-electron chi connectivity index (χ2n) is 4.05. The molecule has 0 spiro atoms. The molecule has 72 valence electrons. The number of rotatable bonds is 4. The van der Waals surface area contributed by atoms with Gasteiger partial charge in [0.15, 0.2) is 0 Å². The summed E-state index contributed by atoms with van der Waals surface area (Å²) < 4.78 is 0. The fourth-order valence-electron chi connectivity index (χ4n) is 1.59. The summed E-state index contributed by atoms with van der Waals surface area (Å²) in [5.41, 5.74) is 1.47. The molecule has 0 aliphatic heterocycles. The van der Waals surface area contributed by atoms with Crippen molar-refractivity contribution in [1.29, 1.82) is 0 Å². The molecule has 1 aromatic rings. The third-order valence-electron chi connectivity index (χ3n) is 3.02. The van der Waals surface area contributed by atoms with E-state index in [1.165, 1.54) is 18.4 Å². The van der Waals surface area contributed by atoms with Crippen LogP contribution in [0.4, 0.5) is 0 Å². The summed E-state index contributed by atoms with van der Waals surface area (Å²) in [5, 5.41) is 0. The van der Waals surface area contributed by atoms with Gasteiger partial charge in [-0.1, -0.05) is 57.5 Å². The average molecular weight is 176 g/mol. The molecule has 13 heavy (non-hydrogen) atoms. The van der Waals surface area contributed by atoms with Gasteiger partial charge < -0.3 is 0 Å². The van der Waals surface area contributed by atoms with E-state index in [2.05, 4.69) is 51.1 Å². The minimum Gasteiger partial charge on any atom is -0.0651 e. The van der Waals surface area contributed by atoms with Gasteiger partial charge in [0.05, 0.1) is 0 Å². The predicted octanol–water partition coefficient (Wildman–Crippen LogP) is 3.91. The van der Waals surface area contributed by atoms with Crippen molar-refractivity contribution in [1.82, 2.24) is 0 Å². The van der Waals surface area contributed by atoms with E-state index in [1.807, 2.05) is 0 Å². The van der Waals surface area contributed by atoms with Crippen LogP contribution in [0.2, 0.25) is 0 Å². The van der Waals surface area contributed by atoms with Crippen LogP contribution in [-0.2, 0) is 6.42 Å². The molecule has 0 radical (unpaired) electrons. The molecule has 0 aromatic heterocycles. The molecule has 0 nitrogen and oxygen atoms in total. The Morgan fingerprint density at radius 3 is 2.15 bits per heavy atom. The fourth-order valence-corrected chi connectivity index (χ4v) is 1.59. The first kappa shape index (κ1) is 10.3. The highest BCUT2D eigenvalue weighted by atomic mass is 14.1. The summed E-state index contributed by atoms with van der Waals surface area (Å²) in [4.78, 5) is 0. The third kappa shape index (κ3) is 3.22. The zero-order valence-electron chi connectivity index (χ0n) is 8.96. The van der Waals surface area contributed by atoms with Gasteiger partial charge in [-0.25, -0.2) is 0 Å². The normalized spacial score (nSPS) is 15.3. The smallest absolute Gasteiger partial charge is 0.0250 e. The predicted molar refractivity (Wildman–Crippen MR) is 58.8 cm³/mol. The summed E-state index contributed by atoms with van der Waals surface area (Å²) in [5.74, 6) is 1.63. The summed E-state index contributed by atoms with van der Waals surface area (Å²) in [6.45, 7) is 6.96. The van der Waals surface area contributed by atoms with E-state index in [0.29, 0.717) is 0 Å². The second kappa shape index (κ2) is 5.06. The number of hydrogen-bond acceptors (Lipinski definition) is 0. The van der Waals surface area contributed by atoms with Crippen LogP contribution in [0.1, 0.15) is 32.8 Å². The molecule has 0 saturated carbocycles. The first-order chi connectivity index (χ1) is 6.24. The zero-order chi connectivity index (χ0) is 9.68. The molecular formula is C13H20. The third-order valence-corrected chi connectivity index (χ3v) is 3.02. The second-order valence-corrected chi connectivity index (χ2v) is 4.05. The van der Waals surface area contributed by atoms with E-state index in [1.54, 1.807) is 0 Å². The molecule has 0 N–H and O–H groups in total. The zero-order valence-corrected chi connectivity index (χ0v) is 8.96. The van der Waals surface area contributed by atoms with Crippen molar-refractivity contribution in [2.75, 3.05) is 0 Å². The molecule has 0 aliphatic carbocycles. The Labute approximate surface area is 82.0 Å². The SMILES string of the molecule is CCC(C)C(C)Cc1ccccc1. The average Bonchev–Trinajstić information content (AvgIpc) is 2.18. The summed E-state index contributed by atoms with van der Waals surface area (Å²) in [7, 11) is 0. The van der Waals surface area contributed by atoms with Crippen LogP contribution in [0.5, 0.6) is 0 Å². The first-order valence-corrected chi connectivity index (χ1v) is 5.28. The van der Waals surface area contributed by atoms with Crippen molar-refractivity contribution in [3.05, 3.63) is 35.9 Å². The Morgan fingerprint density at radius 1 is 1.00 bits per heavy atom. The summed E-state index contributed by atoms with van der Waals surface area (Å²) in [6, 6.07) is 10.8. The molecular weight excluding hydrogens is 156 g/mol. The lowest BCUT2D eigenvalue weighted by atomic mass is 9.88. The highest BCUT2D eigenvalue weighted by Crippen LogP contribution is 2.19. The monoisotopic (exact) mass is 176 g/mol. The molecule has 0 aliphatic rings. The molecule has 1 rings (SSSR count). The molecule has 2 atom stereocenters. The lowest BCUT2D eigenvalue weighted by Gasteiger charge is -2.17. The minimum atomic E-state index is 0.799. The topological polar surface area (TPSA) is 0 Å². The quantitative estimate of drug-likeness (QED) is 0.652. The molecule has 2 unspecified atom stereocenters. The van der Waals surface area contributed by atoms with Crippen LogP contribution < -0.4 is 0 Å². The number of hydrogen-bond donors (Lipinski definition) is 0. The molecule has 0 amide bonds. The Bertz CT molecular complexity index is 225. The van der Waals surface area contributed by atoms with Crippen LogP contribution in [0.25, 0.3) is 0 Å². The fraction of sp³-hybridized carbons (Fsp3) is 0.538. The van der Waals surface area contributed by atoms with Crippen molar-refractivity contribution < 1.29 is 0 Å². The van der Waals surface area contributed by atoms with Crippen molar-refractivity contribution >= 4 is 0 Å². The van der Waals surface area contributed by atoms with Gasteiger partial charge in [0.2, 0.25) is 0 Å². The highest BCUT2D eigenvalue weighted by Gasteiger charge is 2.09. The summed E-state index contributed by atoms with van der Waals surface area (Å²) >= 11 is 0. The van der Waals surface area contributed by atoms with Crippen LogP contribution in [-0.4, -0.2) is 0 Å². The maximum Gasteiger partial charge on any atom is -0.0250 e.